The van der Waals surface area contributed by atoms with Crippen LogP contribution in [0.1, 0.15) is 22.3 Å². The van der Waals surface area contributed by atoms with E-state index in [0.717, 1.165) is 22.8 Å². The first-order chi connectivity index (χ1) is 11.1. The number of aromatic nitrogens is 2. The molecule has 0 fully saturated rings. The van der Waals surface area contributed by atoms with E-state index in [9.17, 15) is 0 Å². The molecule has 109 valence electrons. The van der Waals surface area contributed by atoms with E-state index in [2.05, 4.69) is 22.1 Å². The van der Waals surface area contributed by atoms with Crippen molar-refractivity contribution in [2.45, 2.75) is 13.8 Å². The van der Waals surface area contributed by atoms with Gasteiger partial charge in [-0.05, 0) is 37.1 Å². The molecule has 23 heavy (non-hydrogen) atoms. The quantitative estimate of drug-likeness (QED) is 0.791. The lowest BCUT2D eigenvalue weighted by Gasteiger charge is -2.20. The molecule has 3 heterocycles. The van der Waals surface area contributed by atoms with Crippen LogP contribution in [0.2, 0.25) is 0 Å². The molecule has 0 aliphatic carbocycles. The van der Waals surface area contributed by atoms with Gasteiger partial charge in [0.15, 0.2) is 0 Å². The summed E-state index contributed by atoms with van der Waals surface area (Å²) in [4.78, 5) is 12.4. The second-order valence-electron chi connectivity index (χ2n) is 5.18. The van der Waals surface area contributed by atoms with Gasteiger partial charge in [0.1, 0.15) is 23.8 Å². The van der Waals surface area contributed by atoms with Crippen LogP contribution in [-0.4, -0.2) is 17.5 Å². The predicted octanol–water partition coefficient (Wildman–Crippen LogP) is 2.17. The predicted molar refractivity (Wildman–Crippen MR) is 87.2 cm³/mol. The van der Waals surface area contributed by atoms with Crippen LogP contribution in [0.5, 0.6) is 0 Å². The van der Waals surface area contributed by atoms with Crippen molar-refractivity contribution in [1.82, 2.24) is 9.97 Å². The Morgan fingerprint density at radius 2 is 1.30 bits per heavy atom. The first-order valence-electron chi connectivity index (χ1n) is 6.96. The zero-order chi connectivity index (χ0) is 16.4. The minimum atomic E-state index is 0.538. The number of hydrogen-bond acceptors (Lipinski definition) is 6. The van der Waals surface area contributed by atoms with Crippen molar-refractivity contribution in [3.8, 4) is 12.1 Å². The third kappa shape index (κ3) is 2.73. The summed E-state index contributed by atoms with van der Waals surface area (Å²) in [6.45, 7) is 3.83. The Morgan fingerprint density at radius 1 is 0.870 bits per heavy atom. The molecule has 1 aliphatic rings. The third-order valence-electron chi connectivity index (χ3n) is 3.49. The van der Waals surface area contributed by atoms with Crippen molar-refractivity contribution >= 4 is 19.2 Å². The summed E-state index contributed by atoms with van der Waals surface area (Å²) < 4.78 is 0. The molecule has 3 rings (SSSR count). The summed E-state index contributed by atoms with van der Waals surface area (Å²) in [6.07, 6.45) is 6.86. The fourth-order valence-corrected chi connectivity index (χ4v) is 2.40. The van der Waals surface area contributed by atoms with E-state index in [1.165, 1.54) is 0 Å². The lowest BCUT2D eigenvalue weighted by molar-refractivity contribution is 1.18. The smallest absolute Gasteiger partial charge is 0.358 e. The second kappa shape index (κ2) is 5.82. The fraction of sp³-hybridized carbons (Fsp3) is 0.125. The summed E-state index contributed by atoms with van der Waals surface area (Å²) in [5.41, 5.74) is 2.90. The molecule has 0 unspecified atom stereocenters. The van der Waals surface area contributed by atoms with Gasteiger partial charge in [-0.1, -0.05) is 0 Å². The highest BCUT2D eigenvalue weighted by atomic mass is 15.3. The molecule has 0 saturated heterocycles. The number of nitriles is 2. The first-order valence-corrected chi connectivity index (χ1v) is 6.96. The first kappa shape index (κ1) is 14.6. The minimum Gasteiger partial charge on any atom is -0.358 e. The van der Waals surface area contributed by atoms with Gasteiger partial charge in [0.05, 0.1) is 11.1 Å². The molecule has 0 aromatic carbocycles. The van der Waals surface area contributed by atoms with Gasteiger partial charge in [0, 0.05) is 24.8 Å². The molecule has 0 N–H and O–H groups in total. The van der Waals surface area contributed by atoms with E-state index in [1.54, 1.807) is 24.5 Å². The van der Waals surface area contributed by atoms with E-state index < -0.39 is 0 Å². The summed E-state index contributed by atoms with van der Waals surface area (Å²) in [5, 5.41) is 17.8. The van der Waals surface area contributed by atoms with Crippen molar-refractivity contribution < 1.29 is 0 Å². The molecule has 2 aromatic heterocycles. The van der Waals surface area contributed by atoms with Gasteiger partial charge < -0.3 is 9.62 Å². The average molecular weight is 299 g/mol. The molecule has 0 bridgehead atoms. The molecule has 0 spiro atoms. The number of aryl methyl sites for hydroxylation is 2. The summed E-state index contributed by atoms with van der Waals surface area (Å²) >= 11 is 0. The average Bonchev–Trinajstić information content (AvgIpc) is 3.03. The van der Waals surface area contributed by atoms with Crippen LogP contribution in [0.25, 0.3) is 0 Å². The normalized spacial score (nSPS) is 12.7. The van der Waals surface area contributed by atoms with E-state index in [4.69, 9.17) is 10.5 Å². The number of rotatable bonds is 2. The van der Waals surface area contributed by atoms with Crippen molar-refractivity contribution in [3.63, 3.8) is 0 Å². The number of nitrogens with zero attached hydrogens (tertiary/aromatic N) is 6. The Morgan fingerprint density at radius 3 is 1.65 bits per heavy atom. The van der Waals surface area contributed by atoms with Crippen LogP contribution in [0, 0.1) is 36.5 Å². The zero-order valence-corrected chi connectivity index (χ0v) is 12.7. The van der Waals surface area contributed by atoms with Crippen LogP contribution in [0.4, 0.5) is 11.6 Å². The molecule has 2 aromatic rings. The van der Waals surface area contributed by atoms with Gasteiger partial charge in [-0.15, -0.1) is 0 Å². The molecule has 1 radical (unpaired) electrons. The summed E-state index contributed by atoms with van der Waals surface area (Å²) in [5.74, 6) is 1.52. The number of anilines is 2. The van der Waals surface area contributed by atoms with E-state index in [0.29, 0.717) is 11.1 Å². The largest absolute Gasteiger partial charge is 0.402 e. The highest BCUT2D eigenvalue weighted by molar-refractivity contribution is 6.49. The van der Waals surface area contributed by atoms with Gasteiger partial charge in [-0.3, -0.25) is 0 Å². The van der Waals surface area contributed by atoms with E-state index in [-0.39, 0.29) is 0 Å². The number of pyridine rings is 2. The van der Waals surface area contributed by atoms with Crippen molar-refractivity contribution in [2.75, 3.05) is 9.62 Å². The van der Waals surface area contributed by atoms with Gasteiger partial charge >= 0.3 is 7.55 Å². The Labute approximate surface area is 135 Å². The van der Waals surface area contributed by atoms with Crippen molar-refractivity contribution in [2.24, 2.45) is 0 Å². The number of hydrogen-bond donors (Lipinski definition) is 0. The SMILES string of the molecule is Cc1cc(C#N)cnc1N1[B]N(c2ncc(C#N)cc2C)C=C1. The standard InChI is InChI=1S/C16H12BN6/c1-11-5-13(7-18)9-20-15(11)22-3-4-23(17-22)16-12(2)6-14(8-19)10-21-16/h3-6,9-10H,1-2H3. The van der Waals surface area contributed by atoms with Crippen LogP contribution in [0.15, 0.2) is 36.9 Å². The molecule has 0 saturated carbocycles. The maximum absolute atomic E-state index is 8.92. The zero-order valence-electron chi connectivity index (χ0n) is 12.7. The molecule has 6 nitrogen and oxygen atoms in total. The maximum Gasteiger partial charge on any atom is 0.402 e. The fourth-order valence-electron chi connectivity index (χ4n) is 2.40. The topological polar surface area (TPSA) is 79.8 Å². The van der Waals surface area contributed by atoms with Gasteiger partial charge in [-0.25, -0.2) is 9.97 Å². The van der Waals surface area contributed by atoms with Crippen molar-refractivity contribution in [3.05, 3.63) is 59.2 Å². The Kier molecular flexibility index (Phi) is 3.70. The van der Waals surface area contributed by atoms with Gasteiger partial charge in [0.2, 0.25) is 0 Å². The van der Waals surface area contributed by atoms with E-state index in [1.807, 2.05) is 43.4 Å². The molecule has 1 aliphatic heterocycles. The molecule has 7 heteroatoms. The molecular formula is C16H12BN6. The van der Waals surface area contributed by atoms with Crippen LogP contribution >= 0.6 is 0 Å². The highest BCUT2D eigenvalue weighted by Crippen LogP contribution is 2.25. The Bertz CT molecular complexity index is 806. The Balaban J connectivity index is 1.84. The van der Waals surface area contributed by atoms with Crippen molar-refractivity contribution in [1.29, 1.82) is 10.5 Å². The van der Waals surface area contributed by atoms with Crippen LogP contribution in [0.3, 0.4) is 0 Å². The lowest BCUT2D eigenvalue weighted by atomic mass is 10.0. The van der Waals surface area contributed by atoms with Gasteiger partial charge in [-0.2, -0.15) is 10.5 Å². The maximum atomic E-state index is 8.92. The lowest BCUT2D eigenvalue weighted by Crippen LogP contribution is -2.31. The monoisotopic (exact) mass is 299 g/mol. The van der Waals surface area contributed by atoms with Crippen LogP contribution in [-0.2, 0) is 0 Å². The minimum absolute atomic E-state index is 0.538. The molecule has 0 amide bonds. The summed E-state index contributed by atoms with van der Waals surface area (Å²) in [6, 6.07) is 7.77. The van der Waals surface area contributed by atoms with E-state index >= 15 is 0 Å². The highest BCUT2D eigenvalue weighted by Gasteiger charge is 2.23. The van der Waals surface area contributed by atoms with Gasteiger partial charge in [0.25, 0.3) is 0 Å². The van der Waals surface area contributed by atoms with Crippen LogP contribution < -0.4 is 9.62 Å². The molecule has 0 atom stereocenters. The Hall–Kier alpha value is -3.32. The third-order valence-corrected chi connectivity index (χ3v) is 3.49. The molecular weight excluding hydrogens is 287 g/mol. The summed E-state index contributed by atoms with van der Waals surface area (Å²) in [7, 11) is 1.86. The second-order valence-corrected chi connectivity index (χ2v) is 5.18.